The largest absolute Gasteiger partial charge is 0.463 e. The molecule has 0 bridgehead atoms. The maximum atomic E-state index is 13.3. The van der Waals surface area contributed by atoms with Gasteiger partial charge in [-0.3, -0.25) is 4.79 Å². The predicted octanol–water partition coefficient (Wildman–Crippen LogP) is 0.920. The average molecular weight is 575 g/mol. The van der Waals surface area contributed by atoms with Crippen LogP contribution in [-0.2, 0) is 51.6 Å². The van der Waals surface area contributed by atoms with Crippen molar-refractivity contribution >= 4 is 33.8 Å². The van der Waals surface area contributed by atoms with Crippen LogP contribution >= 0.6 is 0 Å². The molecule has 0 aliphatic carbocycles. The van der Waals surface area contributed by atoms with Gasteiger partial charge < -0.3 is 29.5 Å². The van der Waals surface area contributed by atoms with Crippen LogP contribution in [0, 0.1) is 5.92 Å². The van der Waals surface area contributed by atoms with Gasteiger partial charge in [0.25, 0.3) is 0 Å². The van der Waals surface area contributed by atoms with Crippen LogP contribution in [0.1, 0.15) is 25.0 Å². The molecule has 2 aliphatic rings. The lowest BCUT2D eigenvalue weighted by atomic mass is 9.92. The van der Waals surface area contributed by atoms with Crippen LogP contribution in [0.15, 0.2) is 60.7 Å². The number of nitrogens with zero attached hydrogens (tertiary/aromatic N) is 1. The van der Waals surface area contributed by atoms with Gasteiger partial charge in [0.2, 0.25) is 5.91 Å². The van der Waals surface area contributed by atoms with Gasteiger partial charge in [-0.05, 0) is 25.0 Å². The number of hydrogen-bond donors (Lipinski definition) is 2. The number of hydrogen-bond acceptors (Lipinski definition) is 10. The Morgan fingerprint density at radius 2 is 1.50 bits per heavy atom. The summed E-state index contributed by atoms with van der Waals surface area (Å²) in [6, 6.07) is 14.7. The third kappa shape index (κ3) is 5.52. The second-order valence-electron chi connectivity index (χ2n) is 9.96. The van der Waals surface area contributed by atoms with Crippen molar-refractivity contribution in [1.29, 1.82) is 0 Å². The predicted molar refractivity (Wildman–Crippen MR) is 139 cm³/mol. The summed E-state index contributed by atoms with van der Waals surface area (Å²) in [4.78, 5) is 51.5. The summed E-state index contributed by atoms with van der Waals surface area (Å²) in [6.07, 6.45) is -0.984. The Labute approximate surface area is 231 Å². The quantitative estimate of drug-likeness (QED) is 0.237. The van der Waals surface area contributed by atoms with Crippen molar-refractivity contribution in [2.75, 3.05) is 13.2 Å². The van der Waals surface area contributed by atoms with Gasteiger partial charge in [0.15, 0.2) is 21.3 Å². The Hall–Kier alpha value is -3.97. The molecule has 2 aromatic carbocycles. The molecule has 2 aliphatic heterocycles. The molecule has 2 fully saturated rings. The number of amides is 2. The van der Waals surface area contributed by atoms with E-state index in [4.69, 9.17) is 14.2 Å². The standard InChI is InChI=1S/C27H30N2O10S/c1-27(2)21(25(33)37-14-17-9-5-3-6-10-17)29-22(31)19(23(29)40(27,35)36)16-38-24(32)20(13-30)28-26(34)39-15-18-11-7-4-8-12-18/h3-12,19-21,23,30H,13-16H2,1-2H3,(H,28,34)/t19-,20+,21+,23-/m1/s1. The third-order valence-electron chi connectivity index (χ3n) is 7.00. The van der Waals surface area contributed by atoms with Gasteiger partial charge in [-0.25, -0.2) is 22.8 Å². The highest BCUT2D eigenvalue weighted by Crippen LogP contribution is 2.49. The highest BCUT2D eigenvalue weighted by molar-refractivity contribution is 7.93. The second-order valence-corrected chi connectivity index (χ2v) is 12.6. The van der Waals surface area contributed by atoms with Gasteiger partial charge in [0.05, 0.1) is 11.4 Å². The first-order chi connectivity index (χ1) is 19.0. The Morgan fingerprint density at radius 3 is 2.05 bits per heavy atom. The van der Waals surface area contributed by atoms with E-state index in [1.54, 1.807) is 60.7 Å². The van der Waals surface area contributed by atoms with E-state index < -0.39 is 75.1 Å². The van der Waals surface area contributed by atoms with Gasteiger partial charge in [-0.2, -0.15) is 0 Å². The van der Waals surface area contributed by atoms with Gasteiger partial charge >= 0.3 is 18.0 Å². The van der Waals surface area contributed by atoms with Crippen LogP contribution in [-0.4, -0.2) is 77.8 Å². The molecule has 4 rings (SSSR count). The molecule has 0 aromatic heterocycles. The topological polar surface area (TPSA) is 166 Å². The van der Waals surface area contributed by atoms with Crippen LogP contribution in [0.5, 0.6) is 0 Å². The SMILES string of the molecule is CC1(C)[C@H](C(=O)OCc2ccccc2)N2C(=O)[C@@H](COC(=O)[C@H](CO)NC(=O)OCc3ccccc3)[C@H]2S1(=O)=O. The number of carbonyl (C=O) groups excluding carboxylic acids is 4. The number of nitrogens with one attached hydrogen (secondary N) is 1. The summed E-state index contributed by atoms with van der Waals surface area (Å²) < 4.78 is 40.5. The molecule has 214 valence electrons. The summed E-state index contributed by atoms with van der Waals surface area (Å²) in [5, 5.41) is 10.3. The summed E-state index contributed by atoms with van der Waals surface area (Å²) in [5.74, 6) is -3.89. The Kier molecular flexibility index (Phi) is 8.45. The van der Waals surface area contributed by atoms with Crippen molar-refractivity contribution in [3.63, 3.8) is 0 Å². The fraction of sp³-hybridized carbons (Fsp3) is 0.407. The summed E-state index contributed by atoms with van der Waals surface area (Å²) in [6.45, 7) is 1.07. The summed E-state index contributed by atoms with van der Waals surface area (Å²) >= 11 is 0. The van der Waals surface area contributed by atoms with Crippen molar-refractivity contribution in [1.82, 2.24) is 10.2 Å². The number of sulfone groups is 1. The van der Waals surface area contributed by atoms with Gasteiger partial charge in [0, 0.05) is 0 Å². The highest BCUT2D eigenvalue weighted by atomic mass is 32.2. The number of carbonyl (C=O) groups is 4. The van der Waals surface area contributed by atoms with Crippen LogP contribution in [0.3, 0.4) is 0 Å². The number of benzene rings is 2. The molecule has 0 saturated carbocycles. The molecule has 2 N–H and O–H groups in total. The molecular formula is C27H30N2O10S. The number of rotatable bonds is 10. The number of aliphatic hydroxyl groups is 1. The number of fused-ring (bicyclic) bond motifs is 1. The van der Waals surface area contributed by atoms with E-state index in [1.807, 2.05) is 0 Å². The zero-order valence-electron chi connectivity index (χ0n) is 21.9. The molecule has 0 spiro atoms. The fourth-order valence-corrected chi connectivity index (χ4v) is 7.01. The number of aliphatic hydroxyl groups excluding tert-OH is 1. The lowest BCUT2D eigenvalue weighted by molar-refractivity contribution is -0.172. The van der Waals surface area contributed by atoms with Crippen molar-refractivity contribution in [3.8, 4) is 0 Å². The van der Waals surface area contributed by atoms with Crippen molar-refractivity contribution < 1.29 is 46.9 Å². The maximum absolute atomic E-state index is 13.3. The van der Waals surface area contributed by atoms with E-state index in [9.17, 15) is 32.7 Å². The lowest BCUT2D eigenvalue weighted by Crippen LogP contribution is -2.65. The summed E-state index contributed by atoms with van der Waals surface area (Å²) in [7, 11) is -4.08. The van der Waals surface area contributed by atoms with E-state index in [0.717, 1.165) is 4.90 Å². The molecule has 2 saturated heterocycles. The molecule has 4 atom stereocenters. The minimum Gasteiger partial charge on any atom is -0.463 e. The number of esters is 2. The molecule has 13 heteroatoms. The zero-order chi connectivity index (χ0) is 29.1. The van der Waals surface area contributed by atoms with Gasteiger partial charge in [-0.1, -0.05) is 60.7 Å². The maximum Gasteiger partial charge on any atom is 0.408 e. The highest BCUT2D eigenvalue weighted by Gasteiger charge is 2.72. The number of β-lactam (4-membered cyclic amide) rings is 1. The Morgan fingerprint density at radius 1 is 0.950 bits per heavy atom. The monoisotopic (exact) mass is 574 g/mol. The van der Waals surface area contributed by atoms with Crippen LogP contribution in [0.4, 0.5) is 4.79 Å². The molecule has 40 heavy (non-hydrogen) atoms. The number of alkyl carbamates (subject to hydrolysis) is 1. The average Bonchev–Trinajstić information content (AvgIpc) is 3.09. The summed E-state index contributed by atoms with van der Waals surface area (Å²) in [5.41, 5.74) is 1.40. The molecule has 12 nitrogen and oxygen atoms in total. The minimum absolute atomic E-state index is 0.0729. The van der Waals surface area contributed by atoms with Crippen molar-refractivity contribution in [3.05, 3.63) is 71.8 Å². The van der Waals surface area contributed by atoms with E-state index in [2.05, 4.69) is 5.32 Å². The van der Waals surface area contributed by atoms with Gasteiger partial charge in [-0.15, -0.1) is 0 Å². The van der Waals surface area contributed by atoms with Crippen LogP contribution in [0.25, 0.3) is 0 Å². The van der Waals surface area contributed by atoms with Crippen molar-refractivity contribution in [2.45, 2.75) is 49.3 Å². The fourth-order valence-electron chi connectivity index (χ4n) is 4.71. The molecule has 0 radical (unpaired) electrons. The Bertz CT molecular complexity index is 1360. The molecular weight excluding hydrogens is 544 g/mol. The van der Waals surface area contributed by atoms with E-state index in [-0.39, 0.29) is 13.2 Å². The second kappa shape index (κ2) is 11.6. The molecule has 2 heterocycles. The van der Waals surface area contributed by atoms with E-state index in [0.29, 0.717) is 11.1 Å². The molecule has 2 amide bonds. The third-order valence-corrected chi connectivity index (χ3v) is 9.88. The minimum atomic E-state index is -4.08. The van der Waals surface area contributed by atoms with Crippen LogP contribution < -0.4 is 5.32 Å². The first-order valence-electron chi connectivity index (χ1n) is 12.5. The first kappa shape index (κ1) is 29.0. The number of ether oxygens (including phenoxy) is 3. The van der Waals surface area contributed by atoms with Gasteiger partial charge in [0.1, 0.15) is 31.8 Å². The zero-order valence-corrected chi connectivity index (χ0v) is 22.7. The first-order valence-corrected chi connectivity index (χ1v) is 14.0. The smallest absolute Gasteiger partial charge is 0.408 e. The Balaban J connectivity index is 1.35. The molecule has 2 aromatic rings. The lowest BCUT2D eigenvalue weighted by Gasteiger charge is -2.42. The van der Waals surface area contributed by atoms with E-state index in [1.165, 1.54) is 13.8 Å². The van der Waals surface area contributed by atoms with Crippen molar-refractivity contribution in [2.24, 2.45) is 5.92 Å². The van der Waals surface area contributed by atoms with Crippen LogP contribution in [0.2, 0.25) is 0 Å². The normalized spacial score (nSPS) is 22.8. The van der Waals surface area contributed by atoms with E-state index >= 15 is 0 Å². The molecule has 0 unspecified atom stereocenters.